The number of imidazole rings is 2. The van der Waals surface area contributed by atoms with Crippen LogP contribution in [0.1, 0.15) is 66.0 Å². The maximum absolute atomic E-state index is 15.5. The number of aryl methyl sites for hydroxylation is 2. The lowest BCUT2D eigenvalue weighted by atomic mass is 10.0. The molecule has 0 saturated heterocycles. The molecule has 0 unspecified atom stereocenters. The predicted molar refractivity (Wildman–Crippen MR) is 338 cm³/mol. The van der Waals surface area contributed by atoms with Crippen LogP contribution in [0.4, 0.5) is 52.7 Å². The van der Waals surface area contributed by atoms with Gasteiger partial charge in [-0.3, -0.25) is 9.36 Å². The van der Waals surface area contributed by atoms with Crippen LogP contribution < -0.4 is 9.47 Å². The summed E-state index contributed by atoms with van der Waals surface area (Å²) < 4.78 is 197. The molecule has 0 radical (unpaired) electrons. The van der Waals surface area contributed by atoms with Gasteiger partial charge in [-0.2, -0.15) is 36.5 Å². The number of alkyl halides is 6. The Hall–Kier alpha value is -11.4. The predicted octanol–water partition coefficient (Wildman–Crippen LogP) is 14.9. The van der Waals surface area contributed by atoms with Crippen LogP contribution in [0.15, 0.2) is 146 Å². The van der Waals surface area contributed by atoms with E-state index in [1.54, 1.807) is 21.3 Å². The summed E-state index contributed by atoms with van der Waals surface area (Å²) in [4.78, 5) is 40.6. The fraction of sp³-hybridized carbons (Fsp3) is 0.200. The summed E-state index contributed by atoms with van der Waals surface area (Å²) in [5.41, 5.74) is 0.362. The van der Waals surface area contributed by atoms with Crippen molar-refractivity contribution < 1.29 is 91.4 Å². The van der Waals surface area contributed by atoms with Crippen molar-refractivity contribution in [3.8, 4) is 56.8 Å². The first-order chi connectivity index (χ1) is 47.6. The Morgan fingerprint density at radius 3 is 1.19 bits per heavy atom. The zero-order valence-electron chi connectivity index (χ0n) is 52.9. The standard InChI is InChI=1S/2C35H27F6N5O4/c2*1-45-29(17-31(44-45)35(39,40)41)19-6-7-21(24(36)12-19)18-50-33-5-3-4-27(43-33)23-16-25(37)22(13-26(23)38)15-32-42-28-9-8-20(34(47)48)14-30(28)46(32)10-11-49-2/h2*3-9,12-14,16-17H,10-11,15,18H2,1-2H3,(H,47,48). The van der Waals surface area contributed by atoms with Gasteiger partial charge < -0.3 is 38.3 Å². The number of hydrogen-bond acceptors (Lipinski definition) is 12. The first-order valence-corrected chi connectivity index (χ1v) is 30.0. The lowest BCUT2D eigenvalue weighted by molar-refractivity contribution is -0.142. The van der Waals surface area contributed by atoms with Crippen LogP contribution in [0.25, 0.3) is 67.1 Å². The highest BCUT2D eigenvalue weighted by atomic mass is 19.4. The number of ether oxygens (including phenoxy) is 4. The van der Waals surface area contributed by atoms with Gasteiger partial charge in [-0.25, -0.2) is 55.9 Å². The van der Waals surface area contributed by atoms with E-state index in [-0.39, 0.29) is 129 Å². The highest BCUT2D eigenvalue weighted by Crippen LogP contribution is 2.36. The Bertz CT molecular complexity index is 4770. The number of aromatic nitrogens is 10. The number of methoxy groups -OCH3 is 2. The van der Waals surface area contributed by atoms with Crippen molar-refractivity contribution in [1.29, 1.82) is 0 Å². The van der Waals surface area contributed by atoms with Crippen LogP contribution in [0.3, 0.4) is 0 Å². The molecule has 12 rings (SSSR count). The third-order valence-corrected chi connectivity index (χ3v) is 15.9. The van der Waals surface area contributed by atoms with E-state index in [0.29, 0.717) is 46.8 Å². The molecule has 100 heavy (non-hydrogen) atoms. The van der Waals surface area contributed by atoms with Gasteiger partial charge in [0, 0.05) is 99.8 Å². The van der Waals surface area contributed by atoms with Gasteiger partial charge in [-0.15, -0.1) is 0 Å². The second kappa shape index (κ2) is 29.0. The number of pyridine rings is 2. The van der Waals surface area contributed by atoms with E-state index >= 15 is 17.6 Å². The number of carboxylic acid groups (broad SMARTS) is 2. The second-order valence-electron chi connectivity index (χ2n) is 22.5. The molecule has 6 heterocycles. The molecule has 0 atom stereocenters. The summed E-state index contributed by atoms with van der Waals surface area (Å²) in [5, 5.41) is 25.7. The Morgan fingerprint density at radius 2 is 0.840 bits per heavy atom. The maximum atomic E-state index is 15.5. The number of rotatable bonds is 22. The molecule has 2 N–H and O–H groups in total. The molecular formula is C70H54F12N10O8. The van der Waals surface area contributed by atoms with E-state index in [2.05, 4.69) is 30.1 Å². The molecule has 12 aromatic rings. The number of hydrogen-bond donors (Lipinski definition) is 2. The van der Waals surface area contributed by atoms with Gasteiger partial charge in [-0.1, -0.05) is 36.4 Å². The molecule has 516 valence electrons. The Balaban J connectivity index is 0.000000202. The van der Waals surface area contributed by atoms with Crippen molar-refractivity contribution in [3.63, 3.8) is 0 Å². The van der Waals surface area contributed by atoms with Crippen LogP contribution in [-0.4, -0.2) is 98.2 Å². The number of nitrogens with zero attached hydrogens (tertiary/aromatic N) is 10. The number of aromatic carboxylic acids is 2. The molecule has 0 bridgehead atoms. The molecule has 6 aromatic carbocycles. The van der Waals surface area contributed by atoms with Crippen LogP contribution >= 0.6 is 0 Å². The second-order valence-corrected chi connectivity index (χ2v) is 22.5. The summed E-state index contributed by atoms with van der Waals surface area (Å²) in [7, 11) is 5.65. The first kappa shape index (κ1) is 69.9. The summed E-state index contributed by atoms with van der Waals surface area (Å²) in [5.74, 6) is -5.98. The van der Waals surface area contributed by atoms with Crippen molar-refractivity contribution >= 4 is 34.0 Å². The van der Waals surface area contributed by atoms with Crippen LogP contribution in [0.5, 0.6) is 11.8 Å². The quantitative estimate of drug-likeness (QED) is 0.0605. The van der Waals surface area contributed by atoms with E-state index in [0.717, 1.165) is 57.9 Å². The minimum atomic E-state index is -4.65. The van der Waals surface area contributed by atoms with Crippen molar-refractivity contribution in [2.24, 2.45) is 14.1 Å². The van der Waals surface area contributed by atoms with Crippen LogP contribution in [-0.2, 0) is 75.1 Å². The molecule has 0 aliphatic rings. The molecule has 0 spiro atoms. The summed E-state index contributed by atoms with van der Waals surface area (Å²) in [6.07, 6.45) is -9.51. The molecule has 6 aromatic heterocycles. The minimum absolute atomic E-state index is 0.00533. The normalized spacial score (nSPS) is 11.8. The molecule has 30 heteroatoms. The summed E-state index contributed by atoms with van der Waals surface area (Å²) >= 11 is 0. The fourth-order valence-electron chi connectivity index (χ4n) is 10.9. The highest BCUT2D eigenvalue weighted by Gasteiger charge is 2.36. The van der Waals surface area contributed by atoms with E-state index in [4.69, 9.17) is 18.9 Å². The molecule has 0 amide bonds. The van der Waals surface area contributed by atoms with Crippen molar-refractivity contribution in [2.45, 2.75) is 51.5 Å². The van der Waals surface area contributed by atoms with E-state index in [1.165, 1.54) is 113 Å². The van der Waals surface area contributed by atoms with Gasteiger partial charge >= 0.3 is 24.3 Å². The highest BCUT2D eigenvalue weighted by molar-refractivity contribution is 5.93. The molecular weight excluding hydrogens is 1340 g/mol. The van der Waals surface area contributed by atoms with Crippen molar-refractivity contribution in [2.75, 3.05) is 27.4 Å². The van der Waals surface area contributed by atoms with Gasteiger partial charge in [0.1, 0.15) is 59.8 Å². The van der Waals surface area contributed by atoms with E-state index in [9.17, 15) is 54.9 Å². The van der Waals surface area contributed by atoms with Gasteiger partial charge in [0.15, 0.2) is 11.4 Å². The fourth-order valence-corrected chi connectivity index (χ4v) is 10.9. The third-order valence-electron chi connectivity index (χ3n) is 15.9. The van der Waals surface area contributed by atoms with Crippen molar-refractivity contribution in [1.82, 2.24) is 48.6 Å². The lowest BCUT2D eigenvalue weighted by Crippen LogP contribution is -2.10. The minimum Gasteiger partial charge on any atom is -0.478 e. The largest absolute Gasteiger partial charge is 0.478 e. The number of carboxylic acids is 2. The van der Waals surface area contributed by atoms with E-state index < -0.39 is 70.6 Å². The lowest BCUT2D eigenvalue weighted by Gasteiger charge is -2.12. The van der Waals surface area contributed by atoms with Crippen molar-refractivity contribution in [3.05, 3.63) is 237 Å². The molecule has 0 aliphatic carbocycles. The zero-order valence-corrected chi connectivity index (χ0v) is 52.9. The van der Waals surface area contributed by atoms with Gasteiger partial charge in [-0.05, 0) is 108 Å². The molecule has 0 saturated carbocycles. The van der Waals surface area contributed by atoms with E-state index in [1.807, 2.05) is 0 Å². The zero-order chi connectivity index (χ0) is 71.5. The average molecular weight is 1390 g/mol. The molecule has 0 fully saturated rings. The number of fused-ring (bicyclic) bond motifs is 2. The Kier molecular flexibility index (Phi) is 20.3. The molecule has 0 aliphatic heterocycles. The number of carbonyl (C=O) groups is 2. The summed E-state index contributed by atoms with van der Waals surface area (Å²) in [6, 6.07) is 31.1. The smallest absolute Gasteiger partial charge is 0.435 e. The number of benzene rings is 6. The molecule has 18 nitrogen and oxygen atoms in total. The first-order valence-electron chi connectivity index (χ1n) is 30.0. The maximum Gasteiger partial charge on any atom is 0.435 e. The SMILES string of the molecule is COCCn1c(Cc2cc(F)c(-c3cccc(OCc4ccc(-c5cc(C(F)(F)F)nn5C)cc4F)n3)cc2F)nc2ccc(C(=O)O)cc21.COCCn1c(Cc2cc(F)c(-c3cccc(OCc4ccc(-c5cc(C(F)(F)F)nn5C)cc4F)n3)cc2F)nc2ccc(C(=O)O)cc21. The number of halogens is 12. The third kappa shape index (κ3) is 15.5. The van der Waals surface area contributed by atoms with Gasteiger partial charge in [0.05, 0.1) is 69.2 Å². The average Bonchev–Trinajstić information content (AvgIpc) is 1.61. The Labute approximate surface area is 558 Å². The van der Waals surface area contributed by atoms with Gasteiger partial charge in [0.25, 0.3) is 0 Å². The van der Waals surface area contributed by atoms with Gasteiger partial charge in [0.2, 0.25) is 11.8 Å². The Morgan fingerprint density at radius 1 is 0.450 bits per heavy atom. The van der Waals surface area contributed by atoms with Crippen LogP contribution in [0, 0.1) is 34.9 Å². The monoisotopic (exact) mass is 1390 g/mol. The van der Waals surface area contributed by atoms with Crippen LogP contribution in [0.2, 0.25) is 0 Å². The topological polar surface area (TPSA) is 209 Å². The summed E-state index contributed by atoms with van der Waals surface area (Å²) in [6.45, 7) is 0.512.